The van der Waals surface area contributed by atoms with Crippen molar-refractivity contribution in [2.75, 3.05) is 5.32 Å². The lowest BCUT2D eigenvalue weighted by Gasteiger charge is -2.08. The highest BCUT2D eigenvalue weighted by Crippen LogP contribution is 2.26. The van der Waals surface area contributed by atoms with Crippen LogP contribution in [-0.4, -0.2) is 20.7 Å². The Morgan fingerprint density at radius 1 is 0.903 bits per heavy atom. The van der Waals surface area contributed by atoms with E-state index in [9.17, 15) is 4.79 Å². The topological polar surface area (TPSA) is 59.8 Å². The first-order valence-electron chi connectivity index (χ1n) is 9.70. The molecule has 0 bridgehead atoms. The van der Waals surface area contributed by atoms with Crippen molar-refractivity contribution >= 4 is 34.8 Å². The van der Waals surface area contributed by atoms with Crippen molar-refractivity contribution in [3.63, 3.8) is 0 Å². The zero-order valence-electron chi connectivity index (χ0n) is 17.3. The van der Waals surface area contributed by atoms with E-state index < -0.39 is 5.91 Å². The molecule has 4 aromatic rings. The summed E-state index contributed by atoms with van der Waals surface area (Å²) in [4.78, 5) is 17.5. The lowest BCUT2D eigenvalue weighted by molar-refractivity contribution is 0.101. The quantitative estimate of drug-likeness (QED) is 0.390. The number of carbonyl (C=O) groups excluding carboxylic acids is 1. The number of benzene rings is 3. The molecule has 5 nitrogen and oxygen atoms in total. The number of carbonyl (C=O) groups is 1. The number of amides is 1. The van der Waals surface area contributed by atoms with Gasteiger partial charge in [-0.3, -0.25) is 4.79 Å². The molecule has 0 radical (unpaired) electrons. The number of aromatic nitrogens is 3. The largest absolute Gasteiger partial charge is 0.319 e. The second kappa shape index (κ2) is 8.53. The molecule has 0 fully saturated rings. The number of anilines is 1. The third-order valence-electron chi connectivity index (χ3n) is 4.92. The molecule has 156 valence electrons. The summed E-state index contributed by atoms with van der Waals surface area (Å²) in [5.41, 5.74) is 5.11. The molecule has 4 rings (SSSR count). The average Bonchev–Trinajstić information content (AvgIpc) is 3.18. The van der Waals surface area contributed by atoms with Gasteiger partial charge in [-0.2, -0.15) is 0 Å². The molecular weight excluding hydrogens is 431 g/mol. The zero-order valence-corrected chi connectivity index (χ0v) is 18.8. The second-order valence-corrected chi connectivity index (χ2v) is 8.21. The number of nitrogens with zero attached hydrogens (tertiary/aromatic N) is 3. The van der Waals surface area contributed by atoms with E-state index in [0.717, 1.165) is 27.9 Å². The highest BCUT2D eigenvalue weighted by molar-refractivity contribution is 6.32. The van der Waals surface area contributed by atoms with Crippen LogP contribution in [-0.2, 0) is 0 Å². The molecular formula is C24H20Cl2N4O. The normalized spacial score (nSPS) is 10.9. The first kappa shape index (κ1) is 21.1. The SMILES string of the molecule is Cc1cccc(-c2nc(C(=O)Nc3ccc(C)c(Cl)c3)nn2-c2ccc(C)c(Cl)c2)c1. The maximum Gasteiger partial charge on any atom is 0.295 e. The molecule has 0 aliphatic heterocycles. The van der Waals surface area contributed by atoms with Gasteiger partial charge in [0.15, 0.2) is 5.82 Å². The van der Waals surface area contributed by atoms with Crippen molar-refractivity contribution in [2.45, 2.75) is 20.8 Å². The summed E-state index contributed by atoms with van der Waals surface area (Å²) in [7, 11) is 0. The first-order valence-corrected chi connectivity index (χ1v) is 10.5. The Kier molecular flexibility index (Phi) is 5.81. The predicted molar refractivity (Wildman–Crippen MR) is 125 cm³/mol. The van der Waals surface area contributed by atoms with Crippen molar-refractivity contribution in [1.29, 1.82) is 0 Å². The lowest BCUT2D eigenvalue weighted by Crippen LogP contribution is -2.14. The Labute approximate surface area is 190 Å². The number of nitrogens with one attached hydrogen (secondary N) is 1. The van der Waals surface area contributed by atoms with Gasteiger partial charge in [0.1, 0.15) is 0 Å². The zero-order chi connectivity index (χ0) is 22.1. The molecule has 0 aliphatic rings. The Hall–Kier alpha value is -3.15. The summed E-state index contributed by atoms with van der Waals surface area (Å²) in [5, 5.41) is 8.50. The number of hydrogen-bond acceptors (Lipinski definition) is 3. The molecule has 31 heavy (non-hydrogen) atoms. The predicted octanol–water partition coefficient (Wildman–Crippen LogP) is 6.42. The summed E-state index contributed by atoms with van der Waals surface area (Å²) >= 11 is 12.5. The van der Waals surface area contributed by atoms with Crippen LogP contribution < -0.4 is 5.32 Å². The van der Waals surface area contributed by atoms with Crippen LogP contribution in [0.3, 0.4) is 0 Å². The first-order chi connectivity index (χ1) is 14.8. The monoisotopic (exact) mass is 450 g/mol. The Bertz CT molecular complexity index is 1300. The summed E-state index contributed by atoms with van der Waals surface area (Å²) in [6.45, 7) is 5.83. The van der Waals surface area contributed by atoms with Crippen LogP contribution in [0.2, 0.25) is 10.0 Å². The smallest absolute Gasteiger partial charge is 0.295 e. The number of aryl methyl sites for hydroxylation is 3. The Balaban J connectivity index is 1.77. The van der Waals surface area contributed by atoms with Gasteiger partial charge in [-0.25, -0.2) is 9.67 Å². The van der Waals surface area contributed by atoms with Crippen LogP contribution in [0.1, 0.15) is 27.3 Å². The Morgan fingerprint density at radius 2 is 1.61 bits per heavy atom. The van der Waals surface area contributed by atoms with Crippen LogP contribution in [0.5, 0.6) is 0 Å². The molecule has 0 saturated carbocycles. The molecule has 0 saturated heterocycles. The molecule has 7 heteroatoms. The van der Waals surface area contributed by atoms with Crippen molar-refractivity contribution in [3.05, 3.63) is 93.2 Å². The maximum absolute atomic E-state index is 12.9. The highest BCUT2D eigenvalue weighted by Gasteiger charge is 2.19. The minimum absolute atomic E-state index is 0.0462. The van der Waals surface area contributed by atoms with Gasteiger partial charge in [0.05, 0.1) is 5.69 Å². The van der Waals surface area contributed by atoms with E-state index >= 15 is 0 Å². The minimum atomic E-state index is -0.425. The van der Waals surface area contributed by atoms with Gasteiger partial charge >= 0.3 is 0 Å². The molecule has 1 amide bonds. The molecule has 0 atom stereocenters. The summed E-state index contributed by atoms with van der Waals surface area (Å²) in [5.74, 6) is 0.173. The number of halogens is 2. The summed E-state index contributed by atoms with van der Waals surface area (Å²) < 4.78 is 1.64. The number of hydrogen-bond donors (Lipinski definition) is 1. The van der Waals surface area contributed by atoms with E-state index in [4.69, 9.17) is 23.2 Å². The standard InChI is InChI=1S/C24H20Cl2N4O/c1-14-5-4-6-17(11-14)23-28-22(24(31)27-18-9-7-15(2)20(25)12-18)29-30(23)19-10-8-16(3)21(26)13-19/h4-13H,1-3H3,(H,27,31). The fourth-order valence-electron chi connectivity index (χ4n) is 3.13. The van der Waals surface area contributed by atoms with Gasteiger partial charge in [-0.15, -0.1) is 5.10 Å². The van der Waals surface area contributed by atoms with E-state index in [1.807, 2.05) is 69.3 Å². The van der Waals surface area contributed by atoms with Gasteiger partial charge in [0, 0.05) is 21.3 Å². The van der Waals surface area contributed by atoms with Crippen molar-refractivity contribution in [1.82, 2.24) is 14.8 Å². The van der Waals surface area contributed by atoms with E-state index in [-0.39, 0.29) is 5.82 Å². The number of rotatable bonds is 4. The van der Waals surface area contributed by atoms with E-state index in [0.29, 0.717) is 21.6 Å². The van der Waals surface area contributed by atoms with Crippen LogP contribution in [0, 0.1) is 20.8 Å². The van der Waals surface area contributed by atoms with E-state index in [1.165, 1.54) is 0 Å². The van der Waals surface area contributed by atoms with Crippen LogP contribution in [0.25, 0.3) is 17.1 Å². The molecule has 0 unspecified atom stereocenters. The molecule has 1 aromatic heterocycles. The lowest BCUT2D eigenvalue weighted by atomic mass is 10.1. The van der Waals surface area contributed by atoms with E-state index in [2.05, 4.69) is 15.4 Å². The third kappa shape index (κ3) is 4.48. The molecule has 1 N–H and O–H groups in total. The van der Waals surface area contributed by atoms with Gasteiger partial charge < -0.3 is 5.32 Å². The van der Waals surface area contributed by atoms with Crippen molar-refractivity contribution in [3.8, 4) is 17.1 Å². The maximum atomic E-state index is 12.9. The van der Waals surface area contributed by atoms with Gasteiger partial charge in [-0.1, -0.05) is 59.1 Å². The van der Waals surface area contributed by atoms with Crippen LogP contribution in [0.4, 0.5) is 5.69 Å². The summed E-state index contributed by atoms with van der Waals surface area (Å²) in [6, 6.07) is 18.8. The molecule has 0 aliphatic carbocycles. The highest BCUT2D eigenvalue weighted by atomic mass is 35.5. The minimum Gasteiger partial charge on any atom is -0.319 e. The molecule has 3 aromatic carbocycles. The van der Waals surface area contributed by atoms with Crippen molar-refractivity contribution in [2.24, 2.45) is 0 Å². The van der Waals surface area contributed by atoms with Gasteiger partial charge in [0.2, 0.25) is 5.82 Å². The third-order valence-corrected chi connectivity index (χ3v) is 5.73. The average molecular weight is 451 g/mol. The fraction of sp³-hybridized carbons (Fsp3) is 0.125. The summed E-state index contributed by atoms with van der Waals surface area (Å²) in [6.07, 6.45) is 0. The molecule has 0 spiro atoms. The van der Waals surface area contributed by atoms with Gasteiger partial charge in [0.25, 0.3) is 5.91 Å². The Morgan fingerprint density at radius 3 is 2.29 bits per heavy atom. The second-order valence-electron chi connectivity index (χ2n) is 7.39. The van der Waals surface area contributed by atoms with Crippen LogP contribution in [0.15, 0.2) is 60.7 Å². The van der Waals surface area contributed by atoms with E-state index in [1.54, 1.807) is 16.8 Å². The van der Waals surface area contributed by atoms with Crippen LogP contribution >= 0.6 is 23.2 Å². The fourth-order valence-corrected chi connectivity index (χ4v) is 3.49. The van der Waals surface area contributed by atoms with Crippen molar-refractivity contribution < 1.29 is 4.79 Å². The molecule has 1 heterocycles. The van der Waals surface area contributed by atoms with Gasteiger partial charge in [-0.05, 0) is 62.2 Å².